The van der Waals surface area contributed by atoms with Crippen molar-refractivity contribution in [3.63, 3.8) is 0 Å². The third kappa shape index (κ3) is 10.0. The van der Waals surface area contributed by atoms with Gasteiger partial charge in [-0.25, -0.2) is 23.9 Å². The van der Waals surface area contributed by atoms with E-state index in [2.05, 4.69) is 30.6 Å². The molecule has 0 saturated carbocycles. The van der Waals surface area contributed by atoms with Crippen LogP contribution in [0.25, 0.3) is 11.3 Å². The fourth-order valence-corrected chi connectivity index (χ4v) is 8.37. The summed E-state index contributed by atoms with van der Waals surface area (Å²) in [4.78, 5) is 79.2. The van der Waals surface area contributed by atoms with E-state index >= 15 is 0 Å². The Balaban J connectivity index is 0.817. The number of urea groups is 1. The Bertz CT molecular complexity index is 2500. The van der Waals surface area contributed by atoms with E-state index in [9.17, 15) is 28.4 Å². The van der Waals surface area contributed by atoms with Crippen LogP contribution in [0.15, 0.2) is 91.4 Å². The van der Waals surface area contributed by atoms with Crippen molar-refractivity contribution in [2.24, 2.45) is 5.92 Å². The Morgan fingerprint density at radius 1 is 0.938 bits per heavy atom. The largest absolute Gasteiger partial charge is 0.495 e. The fourth-order valence-electron chi connectivity index (χ4n) is 8.37. The Kier molecular flexibility index (Phi) is 13.2. The summed E-state index contributed by atoms with van der Waals surface area (Å²) in [6, 6.07) is 18.4. The quantitative estimate of drug-likeness (QED) is 0.123. The normalized spacial score (nSPS) is 16.8. The highest BCUT2D eigenvalue weighted by Gasteiger charge is 2.31. The number of nitrogens with two attached hydrogens (primary N) is 1. The highest BCUT2D eigenvalue weighted by Crippen LogP contribution is 2.33. The lowest BCUT2D eigenvalue weighted by Gasteiger charge is -2.35. The van der Waals surface area contributed by atoms with Gasteiger partial charge in [-0.3, -0.25) is 29.3 Å². The minimum Gasteiger partial charge on any atom is -0.495 e. The molecular weight excluding hydrogens is 824 g/mol. The third-order valence-corrected chi connectivity index (χ3v) is 12.0. The maximum absolute atomic E-state index is 13.6. The number of esters is 1. The molecule has 0 bridgehead atoms. The van der Waals surface area contributed by atoms with Crippen LogP contribution in [0.4, 0.5) is 26.4 Å². The summed E-state index contributed by atoms with van der Waals surface area (Å²) in [5.41, 5.74) is 8.53. The molecule has 3 fully saturated rings. The number of likely N-dealkylation sites (tertiary alicyclic amines) is 2. The van der Waals surface area contributed by atoms with Crippen LogP contribution in [0.2, 0.25) is 0 Å². The highest BCUT2D eigenvalue weighted by atomic mass is 19.1. The van der Waals surface area contributed by atoms with Gasteiger partial charge in [0, 0.05) is 67.7 Å². The number of nitrogens with one attached hydrogen (secondary N) is 2. The lowest BCUT2D eigenvalue weighted by atomic mass is 9.92. The number of rotatable bonds is 13. The molecule has 3 aromatic carbocycles. The molecule has 3 saturated heterocycles. The predicted octanol–water partition coefficient (Wildman–Crippen LogP) is 5.63. The lowest BCUT2D eigenvalue weighted by Crippen LogP contribution is -2.49. The molecule has 0 spiro atoms. The number of hydrogen-bond donors (Lipinski definition) is 3. The van der Waals surface area contributed by atoms with Gasteiger partial charge in [-0.1, -0.05) is 30.3 Å². The van der Waals surface area contributed by atoms with Crippen molar-refractivity contribution in [1.29, 1.82) is 0 Å². The first-order chi connectivity index (χ1) is 31.0. The first kappa shape index (κ1) is 43.4. The summed E-state index contributed by atoms with van der Waals surface area (Å²) in [5.74, 6) is -1.68. The Hall–Kier alpha value is -7.21. The van der Waals surface area contributed by atoms with Gasteiger partial charge in [0.1, 0.15) is 11.6 Å². The Labute approximate surface area is 368 Å². The number of halogens is 1. The number of hydrogen-bond acceptors (Lipinski definition) is 12. The molecule has 0 aliphatic carbocycles. The van der Waals surface area contributed by atoms with Crippen molar-refractivity contribution in [1.82, 2.24) is 34.9 Å². The summed E-state index contributed by atoms with van der Waals surface area (Å²) < 4.78 is 26.6. The molecule has 8 rings (SSSR count). The Morgan fingerprint density at radius 3 is 2.41 bits per heavy atom. The number of nitrogens with zero attached hydrogens (tertiary/aromatic N) is 7. The predicted molar refractivity (Wildman–Crippen MR) is 234 cm³/mol. The molecule has 5 heterocycles. The number of nitrogen functional groups attached to an aromatic ring is 1. The average molecular weight is 873 g/mol. The van der Waals surface area contributed by atoms with Gasteiger partial charge < -0.3 is 30.3 Å². The molecule has 1 atom stereocenters. The van der Waals surface area contributed by atoms with Crippen LogP contribution < -0.4 is 26.0 Å². The number of carbonyl (C=O) groups is 5. The van der Waals surface area contributed by atoms with Gasteiger partial charge in [0.25, 0.3) is 11.8 Å². The van der Waals surface area contributed by atoms with E-state index in [0.29, 0.717) is 58.5 Å². The van der Waals surface area contributed by atoms with E-state index in [1.807, 2.05) is 15.8 Å². The first-order valence-corrected chi connectivity index (χ1v) is 21.3. The molecule has 4 N–H and O–H groups in total. The molecule has 2 aromatic heterocycles. The Morgan fingerprint density at radius 2 is 1.69 bits per heavy atom. The summed E-state index contributed by atoms with van der Waals surface area (Å²) >= 11 is 0. The summed E-state index contributed by atoms with van der Waals surface area (Å²) in [5, 5.41) is 9.63. The van der Waals surface area contributed by atoms with Crippen molar-refractivity contribution in [2.75, 3.05) is 62.3 Å². The van der Waals surface area contributed by atoms with Crippen molar-refractivity contribution in [3.05, 3.63) is 114 Å². The van der Waals surface area contributed by atoms with E-state index < -0.39 is 29.8 Å². The number of anilines is 3. The van der Waals surface area contributed by atoms with Crippen molar-refractivity contribution in [3.8, 4) is 17.0 Å². The standard InChI is InChI=1S/C46H49FN10O7/c1-63-38-12-7-31(25-37(38)56-24-18-39(58)53-46(56)62)44(60)55-22-14-29(15-23-55)13-19-54-20-16-35(17-21-54)57-28-32(26-50-57)36-27-49-42(48)40(52-36)45(61)64-41(30-5-3-2-4-6-30)43(59)51-34-10-8-33(47)9-11-34/h2-12,25-29,35,41H,13-24H2,1H3,(H2,48,49)(H,51,59)(H,53,58,62)/t41-/m1/s1. The zero-order valence-electron chi connectivity index (χ0n) is 35.3. The number of amides is 5. The van der Waals surface area contributed by atoms with Gasteiger partial charge >= 0.3 is 12.0 Å². The van der Waals surface area contributed by atoms with E-state index in [1.165, 1.54) is 42.5 Å². The number of carbonyl (C=O) groups excluding carboxylic acids is 5. The molecular formula is C46H49FN10O7. The average Bonchev–Trinajstić information content (AvgIpc) is 3.82. The van der Waals surface area contributed by atoms with Crippen LogP contribution in [0.5, 0.6) is 5.75 Å². The van der Waals surface area contributed by atoms with E-state index in [-0.39, 0.29) is 42.3 Å². The van der Waals surface area contributed by atoms with Crippen molar-refractivity contribution >= 4 is 46.9 Å². The molecule has 3 aliphatic rings. The minimum atomic E-state index is -1.37. The van der Waals surface area contributed by atoms with Gasteiger partial charge in [-0.15, -0.1) is 0 Å². The molecule has 17 nitrogen and oxygen atoms in total. The van der Waals surface area contributed by atoms with E-state index in [0.717, 1.165) is 51.7 Å². The second-order valence-corrected chi connectivity index (χ2v) is 16.1. The van der Waals surface area contributed by atoms with Crippen LogP contribution in [0.3, 0.4) is 0 Å². The number of piperidine rings is 2. The summed E-state index contributed by atoms with van der Waals surface area (Å²) in [7, 11) is 1.50. The second-order valence-electron chi connectivity index (χ2n) is 16.1. The number of imide groups is 1. The van der Waals surface area contributed by atoms with Gasteiger partial charge in [0.05, 0.1) is 36.9 Å². The van der Waals surface area contributed by atoms with Crippen molar-refractivity contribution < 1.29 is 37.8 Å². The summed E-state index contributed by atoms with van der Waals surface area (Å²) in [6.07, 6.45) is 8.48. The highest BCUT2D eigenvalue weighted by molar-refractivity contribution is 6.07. The monoisotopic (exact) mass is 872 g/mol. The van der Waals surface area contributed by atoms with E-state index in [4.69, 9.17) is 15.2 Å². The van der Waals surface area contributed by atoms with Crippen molar-refractivity contribution in [2.45, 2.75) is 50.7 Å². The number of ether oxygens (including phenoxy) is 2. The van der Waals surface area contributed by atoms with Gasteiger partial charge in [-0.05, 0) is 87.0 Å². The molecule has 18 heteroatoms. The van der Waals surface area contributed by atoms with Crippen LogP contribution in [-0.4, -0.2) is 106 Å². The minimum absolute atomic E-state index is 0.0928. The molecule has 3 aliphatic heterocycles. The van der Waals surface area contributed by atoms with Gasteiger partial charge in [-0.2, -0.15) is 5.10 Å². The topological polar surface area (TPSA) is 207 Å². The lowest BCUT2D eigenvalue weighted by molar-refractivity contribution is -0.125. The molecule has 332 valence electrons. The first-order valence-electron chi connectivity index (χ1n) is 21.3. The maximum Gasteiger partial charge on any atom is 0.361 e. The number of methoxy groups -OCH3 is 1. The van der Waals surface area contributed by atoms with Crippen LogP contribution >= 0.6 is 0 Å². The molecule has 0 unspecified atom stereocenters. The molecule has 64 heavy (non-hydrogen) atoms. The van der Waals surface area contributed by atoms with Crippen LogP contribution in [0.1, 0.15) is 77.1 Å². The van der Waals surface area contributed by atoms with Gasteiger partial charge in [0.15, 0.2) is 11.5 Å². The fraction of sp³-hybridized carbons (Fsp3) is 0.348. The third-order valence-electron chi connectivity index (χ3n) is 12.0. The SMILES string of the molecule is COc1ccc(C(=O)N2CCC(CCN3CCC(n4cc(-c5cnc(N)c(C(=O)O[C@@H](C(=O)Nc6ccc(F)cc6)c6ccccc6)n5)cn4)CC3)CC2)cc1N1CCC(=O)NC1=O. The summed E-state index contributed by atoms with van der Waals surface area (Å²) in [6.45, 7) is 4.30. The zero-order valence-corrected chi connectivity index (χ0v) is 35.3. The van der Waals surface area contributed by atoms with Gasteiger partial charge in [0.2, 0.25) is 12.0 Å². The zero-order chi connectivity index (χ0) is 44.7. The molecule has 5 amide bonds. The number of aromatic nitrogens is 4. The van der Waals surface area contributed by atoms with Crippen LogP contribution in [0, 0.1) is 11.7 Å². The van der Waals surface area contributed by atoms with Crippen LogP contribution in [-0.2, 0) is 14.3 Å². The maximum atomic E-state index is 13.6. The molecule has 0 radical (unpaired) electrons. The second kappa shape index (κ2) is 19.5. The van der Waals surface area contributed by atoms with E-state index in [1.54, 1.807) is 54.7 Å². The smallest absolute Gasteiger partial charge is 0.361 e. The number of benzene rings is 3. The molecule has 5 aromatic rings.